The lowest BCUT2D eigenvalue weighted by molar-refractivity contribution is 0.203. The van der Waals surface area contributed by atoms with Gasteiger partial charge in [-0.05, 0) is 43.7 Å². The first-order valence-corrected chi connectivity index (χ1v) is 7.91. The van der Waals surface area contributed by atoms with Crippen LogP contribution < -0.4 is 10.6 Å². The Hall–Kier alpha value is -2.41. The number of amides is 2. The van der Waals surface area contributed by atoms with E-state index < -0.39 is 0 Å². The summed E-state index contributed by atoms with van der Waals surface area (Å²) >= 11 is 0. The molecule has 2 heterocycles. The Morgan fingerprint density at radius 2 is 2.04 bits per heavy atom. The molecule has 0 radical (unpaired) electrons. The smallest absolute Gasteiger partial charge is 0.319 e. The number of likely N-dealkylation sites (tertiary alicyclic amines) is 1. The van der Waals surface area contributed by atoms with Crippen LogP contribution in [-0.2, 0) is 0 Å². The average molecular weight is 315 g/mol. The molecular formula is C16H21N5O2. The van der Waals surface area contributed by atoms with E-state index in [-0.39, 0.29) is 12.1 Å². The zero-order chi connectivity index (χ0) is 16.1. The van der Waals surface area contributed by atoms with Gasteiger partial charge in [0.15, 0.2) is 6.33 Å². The van der Waals surface area contributed by atoms with Gasteiger partial charge in [0, 0.05) is 30.4 Å². The zero-order valence-corrected chi connectivity index (χ0v) is 13.2. The first-order valence-electron chi connectivity index (χ1n) is 7.91. The number of piperidine rings is 1. The summed E-state index contributed by atoms with van der Waals surface area (Å²) in [7, 11) is 0. The standard InChI is InChI=1S/C16H21N5O2/c1-2-21-9-7-14(8-10-21)20-16(22)19-13-5-3-12(4-6-13)15-17-11-18-23-15/h3-6,11,14H,2,7-10H2,1H3,(H2,19,20,22). The van der Waals surface area contributed by atoms with E-state index in [2.05, 4.69) is 32.6 Å². The van der Waals surface area contributed by atoms with Gasteiger partial charge in [-0.3, -0.25) is 0 Å². The van der Waals surface area contributed by atoms with Crippen LogP contribution in [0.5, 0.6) is 0 Å². The van der Waals surface area contributed by atoms with Crippen molar-refractivity contribution >= 4 is 11.7 Å². The number of nitrogens with one attached hydrogen (secondary N) is 2. The second kappa shape index (κ2) is 7.23. The molecule has 0 saturated carbocycles. The molecule has 0 aliphatic carbocycles. The van der Waals surface area contributed by atoms with Gasteiger partial charge in [-0.2, -0.15) is 4.98 Å². The summed E-state index contributed by atoms with van der Waals surface area (Å²) in [4.78, 5) is 18.4. The van der Waals surface area contributed by atoms with Crippen LogP contribution in [0.2, 0.25) is 0 Å². The van der Waals surface area contributed by atoms with Gasteiger partial charge in [0.2, 0.25) is 0 Å². The van der Waals surface area contributed by atoms with Crippen molar-refractivity contribution in [3.05, 3.63) is 30.6 Å². The van der Waals surface area contributed by atoms with Crippen molar-refractivity contribution in [2.45, 2.75) is 25.8 Å². The van der Waals surface area contributed by atoms with Crippen LogP contribution in [0, 0.1) is 0 Å². The van der Waals surface area contributed by atoms with Gasteiger partial charge in [0.05, 0.1) is 0 Å². The third kappa shape index (κ3) is 4.07. The van der Waals surface area contributed by atoms with Crippen molar-refractivity contribution in [3.8, 4) is 11.5 Å². The van der Waals surface area contributed by atoms with Crippen molar-refractivity contribution in [2.24, 2.45) is 0 Å². The topological polar surface area (TPSA) is 83.3 Å². The number of carbonyl (C=O) groups excluding carboxylic acids is 1. The highest BCUT2D eigenvalue weighted by Crippen LogP contribution is 2.18. The summed E-state index contributed by atoms with van der Waals surface area (Å²) in [5.74, 6) is 0.462. The second-order valence-corrected chi connectivity index (χ2v) is 5.63. The van der Waals surface area contributed by atoms with Gasteiger partial charge < -0.3 is 20.1 Å². The lowest BCUT2D eigenvalue weighted by Gasteiger charge is -2.31. The number of carbonyl (C=O) groups is 1. The largest absolute Gasteiger partial charge is 0.335 e. The molecule has 1 aliphatic heterocycles. The van der Waals surface area contributed by atoms with E-state index in [1.165, 1.54) is 6.33 Å². The maximum atomic E-state index is 12.1. The summed E-state index contributed by atoms with van der Waals surface area (Å²) in [6.07, 6.45) is 3.35. The van der Waals surface area contributed by atoms with Gasteiger partial charge in [-0.25, -0.2) is 4.79 Å². The minimum Gasteiger partial charge on any atom is -0.335 e. The number of hydrogen-bond acceptors (Lipinski definition) is 5. The number of anilines is 1. The van der Waals surface area contributed by atoms with Crippen LogP contribution in [-0.4, -0.2) is 46.7 Å². The maximum Gasteiger partial charge on any atom is 0.319 e. The number of nitrogens with zero attached hydrogens (tertiary/aromatic N) is 3. The van der Waals surface area contributed by atoms with Crippen molar-refractivity contribution in [1.82, 2.24) is 20.4 Å². The summed E-state index contributed by atoms with van der Waals surface area (Å²) in [5, 5.41) is 9.47. The SMILES string of the molecule is CCN1CCC(NC(=O)Nc2ccc(-c3ncno3)cc2)CC1. The Morgan fingerprint density at radius 3 is 2.65 bits per heavy atom. The molecule has 7 nitrogen and oxygen atoms in total. The average Bonchev–Trinajstić information content (AvgIpc) is 3.11. The van der Waals surface area contributed by atoms with Crippen LogP contribution >= 0.6 is 0 Å². The molecule has 1 aromatic heterocycles. The van der Waals surface area contributed by atoms with E-state index >= 15 is 0 Å². The Bertz CT molecular complexity index is 618. The van der Waals surface area contributed by atoms with Crippen molar-refractivity contribution in [2.75, 3.05) is 25.0 Å². The number of rotatable bonds is 4. The summed E-state index contributed by atoms with van der Waals surface area (Å²) in [5.41, 5.74) is 1.55. The van der Waals surface area contributed by atoms with E-state index in [9.17, 15) is 4.79 Å². The van der Waals surface area contributed by atoms with Crippen LogP contribution in [0.25, 0.3) is 11.5 Å². The second-order valence-electron chi connectivity index (χ2n) is 5.63. The minimum absolute atomic E-state index is 0.162. The third-order valence-corrected chi connectivity index (χ3v) is 4.12. The molecule has 1 fully saturated rings. The summed E-state index contributed by atoms with van der Waals surface area (Å²) < 4.78 is 4.99. The number of benzene rings is 1. The molecule has 0 atom stereocenters. The van der Waals surface area contributed by atoms with E-state index in [4.69, 9.17) is 4.52 Å². The highest BCUT2D eigenvalue weighted by atomic mass is 16.5. The molecule has 0 unspecified atom stereocenters. The van der Waals surface area contributed by atoms with Crippen molar-refractivity contribution in [1.29, 1.82) is 0 Å². The molecule has 2 N–H and O–H groups in total. The summed E-state index contributed by atoms with van der Waals surface area (Å²) in [6.45, 7) is 5.32. The Labute approximate surface area is 135 Å². The summed E-state index contributed by atoms with van der Waals surface area (Å²) in [6, 6.07) is 7.39. The van der Waals surface area contributed by atoms with Crippen molar-refractivity contribution in [3.63, 3.8) is 0 Å². The quantitative estimate of drug-likeness (QED) is 0.905. The van der Waals surface area contributed by atoms with Crippen LogP contribution in [0.1, 0.15) is 19.8 Å². The lowest BCUT2D eigenvalue weighted by atomic mass is 10.1. The molecule has 3 rings (SSSR count). The Balaban J connectivity index is 1.50. The van der Waals surface area contributed by atoms with Crippen molar-refractivity contribution < 1.29 is 9.32 Å². The predicted octanol–water partition coefficient (Wildman–Crippen LogP) is 2.34. The lowest BCUT2D eigenvalue weighted by Crippen LogP contribution is -2.45. The van der Waals surface area contributed by atoms with Crippen LogP contribution in [0.15, 0.2) is 35.1 Å². The molecule has 7 heteroatoms. The fourth-order valence-electron chi connectivity index (χ4n) is 2.74. The molecule has 1 aromatic carbocycles. The molecule has 2 aromatic rings. The van der Waals surface area contributed by atoms with Gasteiger partial charge in [0.1, 0.15) is 0 Å². The molecule has 0 bridgehead atoms. The minimum atomic E-state index is -0.162. The van der Waals surface area contributed by atoms with E-state index in [1.54, 1.807) is 0 Å². The molecule has 122 valence electrons. The van der Waals surface area contributed by atoms with Gasteiger partial charge >= 0.3 is 6.03 Å². The van der Waals surface area contributed by atoms with E-state index in [0.29, 0.717) is 5.89 Å². The molecule has 0 spiro atoms. The molecule has 1 saturated heterocycles. The van der Waals surface area contributed by atoms with E-state index in [1.807, 2.05) is 24.3 Å². The fourth-order valence-corrected chi connectivity index (χ4v) is 2.74. The molecular weight excluding hydrogens is 294 g/mol. The van der Waals surface area contributed by atoms with Gasteiger partial charge in [0.25, 0.3) is 5.89 Å². The molecule has 1 aliphatic rings. The molecule has 23 heavy (non-hydrogen) atoms. The first kappa shape index (κ1) is 15.5. The van der Waals surface area contributed by atoms with Crippen LogP contribution in [0.4, 0.5) is 10.5 Å². The zero-order valence-electron chi connectivity index (χ0n) is 13.2. The highest BCUT2D eigenvalue weighted by Gasteiger charge is 2.19. The number of aromatic nitrogens is 2. The monoisotopic (exact) mass is 315 g/mol. The number of hydrogen-bond donors (Lipinski definition) is 2. The fraction of sp³-hybridized carbons (Fsp3) is 0.438. The number of urea groups is 1. The Morgan fingerprint density at radius 1 is 1.30 bits per heavy atom. The predicted molar refractivity (Wildman–Crippen MR) is 87.0 cm³/mol. The Kier molecular flexibility index (Phi) is 4.87. The third-order valence-electron chi connectivity index (χ3n) is 4.12. The molecule has 2 amide bonds. The maximum absolute atomic E-state index is 12.1. The normalized spacial score (nSPS) is 16.2. The van der Waals surface area contributed by atoms with E-state index in [0.717, 1.165) is 43.7 Å². The van der Waals surface area contributed by atoms with Crippen LogP contribution in [0.3, 0.4) is 0 Å². The first-order chi connectivity index (χ1) is 11.2. The van der Waals surface area contributed by atoms with Gasteiger partial charge in [-0.15, -0.1) is 0 Å². The highest BCUT2D eigenvalue weighted by molar-refractivity contribution is 5.89. The van der Waals surface area contributed by atoms with Gasteiger partial charge in [-0.1, -0.05) is 12.1 Å².